The number of rotatable bonds is 14. The van der Waals surface area contributed by atoms with E-state index in [-0.39, 0.29) is 37.1 Å². The van der Waals surface area contributed by atoms with Crippen molar-refractivity contribution in [1.82, 2.24) is 36.1 Å². The van der Waals surface area contributed by atoms with Crippen molar-refractivity contribution >= 4 is 62.1 Å². The number of nitrogens with one attached hydrogen (secondary N) is 5. The fourth-order valence-electron chi connectivity index (χ4n) is 8.18. The minimum absolute atomic E-state index is 0.0252. The quantitative estimate of drug-likeness (QED) is 0.0626. The molecule has 18 nitrogen and oxygen atoms in total. The molecule has 6 N–H and O–H groups in total. The standard InChI is InChI=1S/C42H42FN7O11S/c1-3-42(58)26-14-31-38-24(19-50(31)40(56)25(26)20-61-41(42)57)37-28(10-9-23-21(2)27(43)15-29(49-38)36(23)37)47-35(54)18-46-39(55)30(13-22-7-5-4-6-8-22)48-34(53)17-45-33(52)16-44-32(51)11-12-62(59)60/h4-8,12,14-15,28,30,58H,3,9-11,13,16-20H2,1-2H3,(H,44,51)(H,45,52)(H,46,55)(H,47,54)(H,48,53)/t28-,30-,42-/m0/s1. The molecule has 0 fully saturated rings. The number of hydrogen-bond acceptors (Lipinski definition) is 12. The maximum absolute atomic E-state index is 15.4. The molecule has 0 unspecified atom stereocenters. The number of carbonyl (C=O) groups excluding carboxylic acids is 6. The summed E-state index contributed by atoms with van der Waals surface area (Å²) in [5.41, 5.74) is 1.70. The van der Waals surface area contributed by atoms with Gasteiger partial charge < -0.3 is 41.0 Å². The molecule has 0 bridgehead atoms. The third kappa shape index (κ3) is 8.55. The first kappa shape index (κ1) is 43.3. The van der Waals surface area contributed by atoms with Gasteiger partial charge in [-0.1, -0.05) is 37.3 Å². The number of carbonyl (C=O) groups is 6. The predicted molar refractivity (Wildman–Crippen MR) is 219 cm³/mol. The Kier molecular flexibility index (Phi) is 12.3. The first-order valence-corrected chi connectivity index (χ1v) is 20.9. The lowest BCUT2D eigenvalue weighted by atomic mass is 9.81. The lowest BCUT2D eigenvalue weighted by Gasteiger charge is -2.31. The number of aromatic nitrogens is 2. The van der Waals surface area contributed by atoms with Gasteiger partial charge in [0.1, 0.15) is 18.5 Å². The van der Waals surface area contributed by atoms with Gasteiger partial charge in [0.25, 0.3) is 5.56 Å². The van der Waals surface area contributed by atoms with Crippen LogP contribution in [0.15, 0.2) is 47.3 Å². The Labute approximate surface area is 354 Å². The van der Waals surface area contributed by atoms with E-state index in [0.717, 1.165) is 5.37 Å². The van der Waals surface area contributed by atoms with Crippen molar-refractivity contribution in [1.29, 1.82) is 0 Å². The second-order valence-corrected chi connectivity index (χ2v) is 16.0. The number of ether oxygens (including phenoxy) is 1. The third-order valence-corrected chi connectivity index (χ3v) is 11.8. The van der Waals surface area contributed by atoms with E-state index in [1.807, 2.05) is 0 Å². The van der Waals surface area contributed by atoms with Gasteiger partial charge >= 0.3 is 5.97 Å². The number of amides is 5. The molecule has 2 aliphatic heterocycles. The molecule has 4 aromatic rings. The van der Waals surface area contributed by atoms with Gasteiger partial charge in [0.05, 0.1) is 61.1 Å². The number of aryl methyl sites for hydroxylation is 1. The van der Waals surface area contributed by atoms with Crippen LogP contribution in [0.4, 0.5) is 4.39 Å². The Morgan fingerprint density at radius 1 is 0.984 bits per heavy atom. The topological polar surface area (TPSA) is 261 Å². The predicted octanol–water partition coefficient (Wildman–Crippen LogP) is -0.222. The highest BCUT2D eigenvalue weighted by Gasteiger charge is 2.46. The fraction of sp³-hybridized carbons (Fsp3) is 0.357. The Morgan fingerprint density at radius 2 is 1.69 bits per heavy atom. The molecular weight excluding hydrogens is 830 g/mol. The molecule has 4 heterocycles. The zero-order chi connectivity index (χ0) is 44.5. The molecule has 7 rings (SSSR count). The van der Waals surface area contributed by atoms with Crippen LogP contribution in [0.5, 0.6) is 0 Å². The Morgan fingerprint density at radius 3 is 2.42 bits per heavy atom. The summed E-state index contributed by atoms with van der Waals surface area (Å²) in [5, 5.41) is 25.4. The van der Waals surface area contributed by atoms with Crippen LogP contribution in [0.3, 0.4) is 0 Å². The molecule has 5 amide bonds. The number of fused-ring (bicyclic) bond motifs is 5. The first-order chi connectivity index (χ1) is 29.6. The molecule has 3 aliphatic rings. The lowest BCUT2D eigenvalue weighted by molar-refractivity contribution is -0.172. The Balaban J connectivity index is 1.09. The summed E-state index contributed by atoms with van der Waals surface area (Å²) >= 11 is 0. The van der Waals surface area contributed by atoms with Crippen molar-refractivity contribution in [2.24, 2.45) is 0 Å². The second kappa shape index (κ2) is 17.7. The monoisotopic (exact) mass is 871 g/mol. The van der Waals surface area contributed by atoms with Crippen molar-refractivity contribution in [2.45, 2.75) is 76.8 Å². The molecule has 0 radical (unpaired) electrons. The largest absolute Gasteiger partial charge is 0.458 e. The summed E-state index contributed by atoms with van der Waals surface area (Å²) in [6.07, 6.45) is 0.225. The van der Waals surface area contributed by atoms with E-state index >= 15 is 4.39 Å². The number of cyclic esters (lactones) is 1. The highest BCUT2D eigenvalue weighted by molar-refractivity contribution is 7.71. The number of halogens is 1. The van der Waals surface area contributed by atoms with Crippen LogP contribution < -0.4 is 32.1 Å². The summed E-state index contributed by atoms with van der Waals surface area (Å²) in [6.45, 7) is 1.37. The van der Waals surface area contributed by atoms with Gasteiger partial charge in [-0.2, -0.15) is 8.42 Å². The van der Waals surface area contributed by atoms with Crippen LogP contribution in [0.25, 0.3) is 22.3 Å². The normalized spacial score (nSPS) is 17.4. The summed E-state index contributed by atoms with van der Waals surface area (Å²) in [7, 11) is -2.55. The number of pyridine rings is 2. The van der Waals surface area contributed by atoms with Crippen molar-refractivity contribution < 1.29 is 51.4 Å². The summed E-state index contributed by atoms with van der Waals surface area (Å²) in [4.78, 5) is 95.6. The molecule has 0 spiro atoms. The van der Waals surface area contributed by atoms with Crippen LogP contribution >= 0.6 is 0 Å². The molecule has 324 valence electrons. The molecule has 0 saturated carbocycles. The van der Waals surface area contributed by atoms with Crippen LogP contribution in [0.2, 0.25) is 0 Å². The smallest absolute Gasteiger partial charge is 0.343 e. The molecule has 2 aromatic heterocycles. The number of aliphatic hydroxyl groups is 1. The van der Waals surface area contributed by atoms with E-state index in [1.165, 1.54) is 10.6 Å². The Hall–Kier alpha value is -6.80. The minimum atomic E-state index is -2.55. The Bertz CT molecular complexity index is 2770. The van der Waals surface area contributed by atoms with Gasteiger partial charge in [0, 0.05) is 34.4 Å². The summed E-state index contributed by atoms with van der Waals surface area (Å²) in [6, 6.07) is 9.74. The number of esters is 1. The van der Waals surface area contributed by atoms with Gasteiger partial charge in [-0.15, -0.1) is 0 Å². The number of benzene rings is 2. The SMILES string of the molecule is CC[C@@]1(O)C(=O)OCc2c1cc1n(c2=O)Cc2c-1nc1cc(F)c(C)c3c1c2[C@@H](NC(=O)CNC(=O)[C@H](Cc1ccccc1)NC(=O)CNC(=O)CNC(=O)CC=S(=O)=O)CC3. The van der Waals surface area contributed by atoms with E-state index in [1.54, 1.807) is 50.2 Å². The van der Waals surface area contributed by atoms with E-state index in [9.17, 15) is 47.1 Å². The van der Waals surface area contributed by atoms with Crippen LogP contribution in [-0.2, 0) is 75.4 Å². The van der Waals surface area contributed by atoms with Gasteiger partial charge in [-0.3, -0.25) is 28.8 Å². The van der Waals surface area contributed by atoms with Gasteiger partial charge in [-0.05, 0) is 54.5 Å². The second-order valence-electron chi connectivity index (χ2n) is 15.2. The zero-order valence-electron chi connectivity index (χ0n) is 33.6. The average Bonchev–Trinajstić information content (AvgIpc) is 3.62. The van der Waals surface area contributed by atoms with Gasteiger partial charge in [-0.25, -0.2) is 14.2 Å². The number of hydrogen-bond donors (Lipinski definition) is 6. The van der Waals surface area contributed by atoms with Crippen molar-refractivity contribution in [3.63, 3.8) is 0 Å². The molecule has 1 aliphatic carbocycles. The van der Waals surface area contributed by atoms with Gasteiger partial charge in [0.2, 0.25) is 39.8 Å². The van der Waals surface area contributed by atoms with Crippen molar-refractivity contribution in [2.75, 3.05) is 19.6 Å². The number of nitrogens with zero attached hydrogens (tertiary/aromatic N) is 2. The summed E-state index contributed by atoms with van der Waals surface area (Å²) in [5.74, 6) is -4.86. The zero-order valence-corrected chi connectivity index (χ0v) is 34.4. The molecule has 0 saturated heterocycles. The maximum Gasteiger partial charge on any atom is 0.343 e. The highest BCUT2D eigenvalue weighted by Crippen LogP contribution is 2.46. The molecule has 3 atom stereocenters. The fourth-order valence-corrected chi connectivity index (χ4v) is 8.46. The maximum atomic E-state index is 15.4. The van der Waals surface area contributed by atoms with Gasteiger partial charge in [0.15, 0.2) is 5.60 Å². The molecule has 62 heavy (non-hydrogen) atoms. The van der Waals surface area contributed by atoms with Crippen LogP contribution in [0.1, 0.15) is 71.2 Å². The average molecular weight is 872 g/mol. The van der Waals surface area contributed by atoms with E-state index in [0.29, 0.717) is 62.9 Å². The molecule has 20 heteroatoms. The first-order valence-electron chi connectivity index (χ1n) is 19.8. The van der Waals surface area contributed by atoms with Crippen LogP contribution in [-0.4, -0.2) is 89.6 Å². The van der Waals surface area contributed by atoms with Crippen molar-refractivity contribution in [3.05, 3.63) is 97.6 Å². The lowest BCUT2D eigenvalue weighted by Crippen LogP contribution is -2.52. The van der Waals surface area contributed by atoms with E-state index in [4.69, 9.17) is 9.72 Å². The van der Waals surface area contributed by atoms with E-state index in [2.05, 4.69) is 26.6 Å². The van der Waals surface area contributed by atoms with Crippen molar-refractivity contribution in [3.8, 4) is 11.4 Å². The van der Waals surface area contributed by atoms with E-state index < -0.39 is 101 Å². The third-order valence-electron chi connectivity index (χ3n) is 11.4. The van der Waals surface area contributed by atoms with Crippen LogP contribution in [0, 0.1) is 12.7 Å². The molecule has 2 aromatic carbocycles. The summed E-state index contributed by atoms with van der Waals surface area (Å²) < 4.78 is 43.2. The minimum Gasteiger partial charge on any atom is -0.458 e. The molecular formula is C42H42FN7O11S. The highest BCUT2D eigenvalue weighted by atomic mass is 32.2.